The summed E-state index contributed by atoms with van der Waals surface area (Å²) in [5.74, 6) is 1.02. The molecule has 1 aromatic heterocycles. The number of nitrogens with one attached hydrogen (secondary N) is 1. The first-order chi connectivity index (χ1) is 10.8. The van der Waals surface area contributed by atoms with Crippen molar-refractivity contribution in [1.82, 2.24) is 10.3 Å². The van der Waals surface area contributed by atoms with Gasteiger partial charge in [-0.1, -0.05) is 32.1 Å². The van der Waals surface area contributed by atoms with Gasteiger partial charge in [-0.15, -0.1) is 0 Å². The van der Waals surface area contributed by atoms with E-state index in [1.54, 1.807) is 12.4 Å². The highest BCUT2D eigenvalue weighted by Crippen LogP contribution is 2.25. The Labute approximate surface area is 135 Å². The van der Waals surface area contributed by atoms with Crippen molar-refractivity contribution >= 4 is 0 Å². The first-order valence-electron chi connectivity index (χ1n) is 9.02. The molecular weight excluding hydrogens is 272 g/mol. The average Bonchev–Trinajstić information content (AvgIpc) is 2.58. The minimum absolute atomic E-state index is 0.738. The molecule has 2 heterocycles. The molecule has 22 heavy (non-hydrogen) atoms. The lowest BCUT2D eigenvalue weighted by molar-refractivity contribution is 0.0775. The van der Waals surface area contributed by atoms with Crippen molar-refractivity contribution in [1.29, 1.82) is 0 Å². The quantitative estimate of drug-likeness (QED) is 0.908. The van der Waals surface area contributed by atoms with E-state index in [-0.39, 0.29) is 0 Å². The van der Waals surface area contributed by atoms with Crippen molar-refractivity contribution in [3.8, 4) is 0 Å². The summed E-state index contributed by atoms with van der Waals surface area (Å²) in [4.78, 5) is 3.85. The molecule has 1 saturated heterocycles. The van der Waals surface area contributed by atoms with Gasteiger partial charge in [-0.3, -0.25) is 4.98 Å². The van der Waals surface area contributed by atoms with Gasteiger partial charge >= 0.3 is 0 Å². The second-order valence-electron chi connectivity index (χ2n) is 6.66. The number of hydrogen-bond donors (Lipinski definition) is 1. The molecule has 3 nitrogen and oxygen atoms in total. The maximum Gasteiger partial charge on any atom is 0.0480 e. The van der Waals surface area contributed by atoms with Gasteiger partial charge in [-0.25, -0.2) is 0 Å². The Bertz CT molecular complexity index is 352. The van der Waals surface area contributed by atoms with E-state index in [1.807, 2.05) is 19.1 Å². The molecule has 1 aliphatic carbocycles. The number of nitrogens with zero attached hydrogens (tertiary/aromatic N) is 1. The van der Waals surface area contributed by atoms with Crippen molar-refractivity contribution in [3.05, 3.63) is 30.1 Å². The Hall–Kier alpha value is -0.930. The predicted molar refractivity (Wildman–Crippen MR) is 92.0 cm³/mol. The molecule has 0 radical (unpaired) electrons. The highest BCUT2D eigenvalue weighted by molar-refractivity contribution is 5.05. The largest absolute Gasteiger partial charge is 0.381 e. The SMILES string of the molecule is C1CCC(CCNC2CCOCC2)CC1.Cc1ccncc1. The van der Waals surface area contributed by atoms with Crippen LogP contribution < -0.4 is 5.32 Å². The Kier molecular flexibility index (Phi) is 8.51. The van der Waals surface area contributed by atoms with Crippen molar-refractivity contribution < 1.29 is 4.74 Å². The van der Waals surface area contributed by atoms with E-state index < -0.39 is 0 Å². The number of aromatic nitrogens is 1. The first-order valence-corrected chi connectivity index (χ1v) is 9.02. The van der Waals surface area contributed by atoms with Crippen LogP contribution in [0.3, 0.4) is 0 Å². The zero-order chi connectivity index (χ0) is 15.5. The molecule has 3 heteroatoms. The van der Waals surface area contributed by atoms with Crippen LogP contribution in [0.2, 0.25) is 0 Å². The Balaban J connectivity index is 0.000000211. The van der Waals surface area contributed by atoms with Crippen LogP contribution in [0.5, 0.6) is 0 Å². The molecule has 3 rings (SSSR count). The zero-order valence-corrected chi connectivity index (χ0v) is 14.1. The maximum atomic E-state index is 5.36. The van der Waals surface area contributed by atoms with E-state index in [1.165, 1.54) is 63.5 Å². The van der Waals surface area contributed by atoms with Gasteiger partial charge in [0.2, 0.25) is 0 Å². The van der Waals surface area contributed by atoms with Gasteiger partial charge in [0, 0.05) is 31.6 Å². The summed E-state index contributed by atoms with van der Waals surface area (Å²) in [7, 11) is 0. The smallest absolute Gasteiger partial charge is 0.0480 e. The summed E-state index contributed by atoms with van der Waals surface area (Å²) in [6.07, 6.45) is 14.8. The minimum atomic E-state index is 0.738. The molecule has 0 unspecified atom stereocenters. The number of rotatable bonds is 4. The highest BCUT2D eigenvalue weighted by atomic mass is 16.5. The zero-order valence-electron chi connectivity index (χ0n) is 14.1. The monoisotopic (exact) mass is 304 g/mol. The van der Waals surface area contributed by atoms with Gasteiger partial charge in [0.05, 0.1) is 0 Å². The highest BCUT2D eigenvalue weighted by Gasteiger charge is 2.15. The number of ether oxygens (including phenoxy) is 1. The predicted octanol–water partition coefficient (Wildman–Crippen LogP) is 4.12. The van der Waals surface area contributed by atoms with Crippen LogP contribution >= 0.6 is 0 Å². The van der Waals surface area contributed by atoms with Crippen LogP contribution in [0.4, 0.5) is 0 Å². The van der Waals surface area contributed by atoms with Crippen molar-refractivity contribution in [2.75, 3.05) is 19.8 Å². The molecule has 0 bridgehead atoms. The fraction of sp³-hybridized carbons (Fsp3) is 0.737. The molecule has 0 aromatic carbocycles. The summed E-state index contributed by atoms with van der Waals surface area (Å²) >= 11 is 0. The van der Waals surface area contributed by atoms with E-state index in [4.69, 9.17) is 4.74 Å². The molecule has 1 saturated carbocycles. The normalized spacial score (nSPS) is 20.2. The second kappa shape index (κ2) is 10.7. The van der Waals surface area contributed by atoms with E-state index >= 15 is 0 Å². The minimum Gasteiger partial charge on any atom is -0.381 e. The van der Waals surface area contributed by atoms with Crippen molar-refractivity contribution in [3.63, 3.8) is 0 Å². The lowest BCUT2D eigenvalue weighted by atomic mass is 9.87. The van der Waals surface area contributed by atoms with Gasteiger partial charge in [0.15, 0.2) is 0 Å². The third-order valence-electron chi connectivity index (χ3n) is 4.78. The van der Waals surface area contributed by atoms with Crippen LogP contribution in [-0.4, -0.2) is 30.8 Å². The molecule has 2 fully saturated rings. The van der Waals surface area contributed by atoms with Crippen molar-refractivity contribution in [2.45, 2.75) is 64.3 Å². The van der Waals surface area contributed by atoms with Gasteiger partial charge in [0.1, 0.15) is 0 Å². The van der Waals surface area contributed by atoms with Gasteiger partial charge in [0.25, 0.3) is 0 Å². The number of aryl methyl sites for hydroxylation is 1. The van der Waals surface area contributed by atoms with E-state index in [9.17, 15) is 0 Å². The van der Waals surface area contributed by atoms with Gasteiger partial charge < -0.3 is 10.1 Å². The molecule has 1 aromatic rings. The number of pyridine rings is 1. The van der Waals surface area contributed by atoms with Crippen LogP contribution in [0, 0.1) is 12.8 Å². The van der Waals surface area contributed by atoms with Crippen LogP contribution in [0.15, 0.2) is 24.5 Å². The third kappa shape index (κ3) is 7.37. The molecule has 0 atom stereocenters. The van der Waals surface area contributed by atoms with Crippen molar-refractivity contribution in [2.24, 2.45) is 5.92 Å². The molecule has 1 N–H and O–H groups in total. The molecule has 2 aliphatic rings. The maximum absolute atomic E-state index is 5.36. The molecule has 0 spiro atoms. The fourth-order valence-corrected chi connectivity index (χ4v) is 3.30. The topological polar surface area (TPSA) is 34.1 Å². The Morgan fingerprint density at radius 1 is 1.05 bits per heavy atom. The van der Waals surface area contributed by atoms with Crippen LogP contribution in [0.25, 0.3) is 0 Å². The lowest BCUT2D eigenvalue weighted by Gasteiger charge is -2.26. The molecular formula is C19H32N2O. The lowest BCUT2D eigenvalue weighted by Crippen LogP contribution is -2.36. The van der Waals surface area contributed by atoms with Gasteiger partial charge in [-0.05, 0) is 56.3 Å². The van der Waals surface area contributed by atoms with E-state index in [0.717, 1.165) is 25.2 Å². The fourth-order valence-electron chi connectivity index (χ4n) is 3.30. The Morgan fingerprint density at radius 3 is 2.32 bits per heavy atom. The second-order valence-corrected chi connectivity index (χ2v) is 6.66. The molecule has 0 amide bonds. The summed E-state index contributed by atoms with van der Waals surface area (Å²) in [5, 5.41) is 3.69. The summed E-state index contributed by atoms with van der Waals surface area (Å²) < 4.78 is 5.36. The number of hydrogen-bond acceptors (Lipinski definition) is 3. The summed E-state index contributed by atoms with van der Waals surface area (Å²) in [6.45, 7) is 5.19. The Morgan fingerprint density at radius 2 is 1.73 bits per heavy atom. The molecule has 1 aliphatic heterocycles. The van der Waals surface area contributed by atoms with E-state index in [0.29, 0.717) is 0 Å². The van der Waals surface area contributed by atoms with Crippen LogP contribution in [-0.2, 0) is 4.74 Å². The molecule has 124 valence electrons. The third-order valence-corrected chi connectivity index (χ3v) is 4.78. The summed E-state index contributed by atoms with van der Waals surface area (Å²) in [6, 6.07) is 4.68. The van der Waals surface area contributed by atoms with Gasteiger partial charge in [-0.2, -0.15) is 0 Å². The van der Waals surface area contributed by atoms with E-state index in [2.05, 4.69) is 10.3 Å². The first kappa shape index (κ1) is 17.4. The standard InChI is InChI=1S/C13H25NO.C6H7N/c1-2-4-12(5-3-1)6-9-14-13-7-10-15-11-8-13;1-6-2-4-7-5-3-6/h12-14H,1-11H2;2-5H,1H3. The summed E-state index contributed by atoms with van der Waals surface area (Å²) in [5.41, 5.74) is 1.26. The average molecular weight is 304 g/mol. The van der Waals surface area contributed by atoms with Crippen LogP contribution in [0.1, 0.15) is 56.9 Å².